The van der Waals surface area contributed by atoms with E-state index in [4.69, 9.17) is 9.47 Å². The first-order valence-corrected chi connectivity index (χ1v) is 10.7. The Labute approximate surface area is 201 Å². The van der Waals surface area contributed by atoms with Crippen LogP contribution in [0.25, 0.3) is 0 Å². The van der Waals surface area contributed by atoms with Crippen molar-refractivity contribution in [3.05, 3.63) is 75.8 Å². The van der Waals surface area contributed by atoms with Crippen molar-refractivity contribution in [3.63, 3.8) is 0 Å². The molecular weight excluding hydrogens is 458 g/mol. The van der Waals surface area contributed by atoms with Crippen molar-refractivity contribution in [1.29, 1.82) is 0 Å². The molecule has 0 fully saturated rings. The van der Waals surface area contributed by atoms with Crippen LogP contribution in [0, 0.1) is 10.1 Å². The maximum Gasteiger partial charge on any atom is 0.329 e. The maximum atomic E-state index is 13.2. The van der Waals surface area contributed by atoms with Gasteiger partial charge in [0.15, 0.2) is 0 Å². The molecule has 0 radical (unpaired) electrons. The number of nitrogens with one attached hydrogen (secondary N) is 2. The van der Waals surface area contributed by atoms with E-state index in [1.807, 2.05) is 6.07 Å². The van der Waals surface area contributed by atoms with Gasteiger partial charge in [0.2, 0.25) is 11.8 Å². The lowest BCUT2D eigenvalue weighted by Crippen LogP contribution is -2.54. The number of nitro groups is 1. The number of rotatable bonds is 11. The third-order valence-corrected chi connectivity index (χ3v) is 5.28. The van der Waals surface area contributed by atoms with Crippen molar-refractivity contribution >= 4 is 29.4 Å². The number of methoxy groups -OCH3 is 2. The molecule has 0 heterocycles. The molecular formula is C24H27N3O8. The van der Waals surface area contributed by atoms with Crippen LogP contribution in [-0.4, -0.2) is 55.0 Å². The molecule has 11 heteroatoms. The largest absolute Gasteiger partial charge is 0.469 e. The van der Waals surface area contributed by atoms with Crippen LogP contribution < -0.4 is 10.6 Å². The number of non-ortho nitro benzene ring substituents is 1. The molecule has 2 aromatic rings. The highest BCUT2D eigenvalue weighted by Gasteiger charge is 2.36. The Balaban J connectivity index is 2.40. The minimum Gasteiger partial charge on any atom is -0.469 e. The van der Waals surface area contributed by atoms with Crippen LogP contribution in [0.4, 0.5) is 5.69 Å². The van der Waals surface area contributed by atoms with Crippen molar-refractivity contribution in [2.45, 2.75) is 37.8 Å². The fraction of sp³-hybridized carbons (Fsp3) is 0.333. The SMILES string of the molecule is COC(=O)C[C@@H](c1ccc([N+](=O)[O-])cc1)[C@@H](NC(=O)[C@H](Cc1ccccc1)NC(C)=O)C(=O)OC. The van der Waals surface area contributed by atoms with Crippen molar-refractivity contribution in [3.8, 4) is 0 Å². The smallest absolute Gasteiger partial charge is 0.329 e. The number of carbonyl (C=O) groups excluding carboxylic acids is 4. The minimum absolute atomic E-state index is 0.152. The van der Waals surface area contributed by atoms with Crippen LogP contribution >= 0.6 is 0 Å². The normalized spacial score (nSPS) is 13.0. The van der Waals surface area contributed by atoms with Crippen LogP contribution in [0.15, 0.2) is 54.6 Å². The molecule has 0 aliphatic heterocycles. The summed E-state index contributed by atoms with van der Waals surface area (Å²) < 4.78 is 9.61. The summed E-state index contributed by atoms with van der Waals surface area (Å²) in [5, 5.41) is 16.2. The van der Waals surface area contributed by atoms with Crippen molar-refractivity contribution in [2.24, 2.45) is 0 Å². The number of esters is 2. The number of amides is 2. The Morgan fingerprint density at radius 2 is 1.57 bits per heavy atom. The first kappa shape index (κ1) is 27.0. The van der Waals surface area contributed by atoms with Gasteiger partial charge in [-0.3, -0.25) is 24.5 Å². The Hall–Kier alpha value is -4.28. The monoisotopic (exact) mass is 485 g/mol. The molecule has 0 saturated carbocycles. The molecule has 35 heavy (non-hydrogen) atoms. The molecule has 3 atom stereocenters. The minimum atomic E-state index is -1.35. The van der Waals surface area contributed by atoms with Gasteiger partial charge in [-0.05, 0) is 11.1 Å². The number of benzene rings is 2. The van der Waals surface area contributed by atoms with E-state index in [1.165, 1.54) is 38.3 Å². The van der Waals surface area contributed by atoms with E-state index in [0.29, 0.717) is 5.56 Å². The lowest BCUT2D eigenvalue weighted by molar-refractivity contribution is -0.384. The van der Waals surface area contributed by atoms with Crippen LogP contribution in [-0.2, 0) is 35.1 Å². The molecule has 0 bridgehead atoms. The molecule has 2 aromatic carbocycles. The third kappa shape index (κ3) is 7.91. The second-order valence-corrected chi connectivity index (χ2v) is 7.69. The summed E-state index contributed by atoms with van der Waals surface area (Å²) >= 11 is 0. The zero-order valence-electron chi connectivity index (χ0n) is 19.6. The molecule has 2 rings (SSSR count). The summed E-state index contributed by atoms with van der Waals surface area (Å²) in [6, 6.07) is 11.8. The van der Waals surface area contributed by atoms with Gasteiger partial charge in [-0.25, -0.2) is 4.79 Å². The first-order valence-electron chi connectivity index (χ1n) is 10.7. The van der Waals surface area contributed by atoms with E-state index in [2.05, 4.69) is 10.6 Å². The van der Waals surface area contributed by atoms with E-state index < -0.39 is 46.7 Å². The zero-order valence-corrected chi connectivity index (χ0v) is 19.6. The predicted octanol–water partition coefficient (Wildman–Crippen LogP) is 1.65. The van der Waals surface area contributed by atoms with E-state index in [-0.39, 0.29) is 18.5 Å². The van der Waals surface area contributed by atoms with Gasteiger partial charge in [0.25, 0.3) is 5.69 Å². The molecule has 0 saturated heterocycles. The van der Waals surface area contributed by atoms with Crippen molar-refractivity contribution in [1.82, 2.24) is 10.6 Å². The molecule has 0 spiro atoms. The Morgan fingerprint density at radius 1 is 0.943 bits per heavy atom. The summed E-state index contributed by atoms with van der Waals surface area (Å²) in [6.45, 7) is 1.26. The highest BCUT2D eigenvalue weighted by Crippen LogP contribution is 2.27. The van der Waals surface area contributed by atoms with Gasteiger partial charge in [-0.1, -0.05) is 42.5 Å². The highest BCUT2D eigenvalue weighted by atomic mass is 16.6. The summed E-state index contributed by atoms with van der Waals surface area (Å²) in [6.07, 6.45) is -0.169. The second kappa shape index (κ2) is 12.8. The number of hydrogen-bond acceptors (Lipinski definition) is 8. The molecule has 0 unspecified atom stereocenters. The van der Waals surface area contributed by atoms with E-state index in [0.717, 1.165) is 12.7 Å². The molecule has 11 nitrogen and oxygen atoms in total. The summed E-state index contributed by atoms with van der Waals surface area (Å²) in [4.78, 5) is 60.3. The molecule has 0 aromatic heterocycles. The van der Waals surface area contributed by atoms with Gasteiger partial charge >= 0.3 is 11.9 Å². The Bertz CT molecular complexity index is 1060. The predicted molar refractivity (Wildman–Crippen MR) is 124 cm³/mol. The van der Waals surface area contributed by atoms with E-state index in [1.54, 1.807) is 24.3 Å². The summed E-state index contributed by atoms with van der Waals surface area (Å²) in [5.41, 5.74) is 0.964. The van der Waals surface area contributed by atoms with E-state index in [9.17, 15) is 29.3 Å². The fourth-order valence-electron chi connectivity index (χ4n) is 3.54. The van der Waals surface area contributed by atoms with Crippen LogP contribution in [0.2, 0.25) is 0 Å². The fourth-order valence-corrected chi connectivity index (χ4v) is 3.54. The first-order chi connectivity index (χ1) is 16.7. The number of ether oxygens (including phenoxy) is 2. The molecule has 0 aliphatic carbocycles. The van der Waals surface area contributed by atoms with Crippen LogP contribution in [0.5, 0.6) is 0 Å². The Kier molecular flexibility index (Phi) is 9.88. The molecule has 2 amide bonds. The molecule has 0 aliphatic rings. The van der Waals surface area contributed by atoms with Crippen LogP contribution in [0.3, 0.4) is 0 Å². The van der Waals surface area contributed by atoms with Gasteiger partial charge in [0, 0.05) is 31.4 Å². The Morgan fingerprint density at radius 3 is 2.09 bits per heavy atom. The lowest BCUT2D eigenvalue weighted by atomic mass is 9.87. The quantitative estimate of drug-likeness (QED) is 0.277. The third-order valence-electron chi connectivity index (χ3n) is 5.28. The average molecular weight is 485 g/mol. The molecule has 186 valence electrons. The van der Waals surface area contributed by atoms with Crippen LogP contribution in [0.1, 0.15) is 30.4 Å². The second-order valence-electron chi connectivity index (χ2n) is 7.69. The average Bonchev–Trinajstić information content (AvgIpc) is 2.85. The number of carbonyl (C=O) groups is 4. The highest BCUT2D eigenvalue weighted by molar-refractivity contribution is 5.91. The summed E-state index contributed by atoms with van der Waals surface area (Å²) in [7, 11) is 2.30. The standard InChI is InChI=1S/C24H27N3O8/c1-15(28)25-20(13-16-7-5-4-6-8-16)23(30)26-22(24(31)35-3)19(14-21(29)34-2)17-9-11-18(12-10-17)27(32)33/h4-12,19-20,22H,13-14H2,1-3H3,(H,25,28)(H,26,30)/t19-,20-,22+/m0/s1. The van der Waals surface area contributed by atoms with Gasteiger partial charge < -0.3 is 20.1 Å². The zero-order chi connectivity index (χ0) is 26.0. The maximum absolute atomic E-state index is 13.2. The number of nitrogens with zero attached hydrogens (tertiary/aromatic N) is 1. The number of nitro benzene ring substituents is 1. The van der Waals surface area contributed by atoms with Gasteiger partial charge in [-0.15, -0.1) is 0 Å². The van der Waals surface area contributed by atoms with Crippen molar-refractivity contribution < 1.29 is 33.6 Å². The van der Waals surface area contributed by atoms with Gasteiger partial charge in [-0.2, -0.15) is 0 Å². The van der Waals surface area contributed by atoms with Gasteiger partial charge in [0.1, 0.15) is 12.1 Å². The van der Waals surface area contributed by atoms with Gasteiger partial charge in [0.05, 0.1) is 25.6 Å². The lowest BCUT2D eigenvalue weighted by Gasteiger charge is -2.28. The van der Waals surface area contributed by atoms with E-state index >= 15 is 0 Å². The molecule has 2 N–H and O–H groups in total. The summed E-state index contributed by atoms with van der Waals surface area (Å²) in [5.74, 6) is -3.59. The topological polar surface area (TPSA) is 154 Å². The number of hydrogen-bond donors (Lipinski definition) is 2. The van der Waals surface area contributed by atoms with Crippen molar-refractivity contribution in [2.75, 3.05) is 14.2 Å².